The van der Waals surface area contributed by atoms with E-state index in [0.717, 1.165) is 12.8 Å². The predicted molar refractivity (Wildman–Crippen MR) is 95.6 cm³/mol. The molecular formula is C19H24ClNO5. The molecule has 2 aliphatic rings. The lowest BCUT2D eigenvalue weighted by Crippen LogP contribution is -2.45. The van der Waals surface area contributed by atoms with Crippen LogP contribution < -0.4 is 9.57 Å². The topological polar surface area (TPSA) is 73.9 Å². The van der Waals surface area contributed by atoms with Crippen LogP contribution in [0.4, 0.5) is 0 Å². The molecule has 0 radical (unpaired) electrons. The van der Waals surface area contributed by atoms with Gasteiger partial charge >= 0.3 is 11.9 Å². The van der Waals surface area contributed by atoms with E-state index in [2.05, 4.69) is 4.84 Å². The Balaban J connectivity index is 1.79. The highest BCUT2D eigenvalue weighted by molar-refractivity contribution is 6.14. The van der Waals surface area contributed by atoms with Gasteiger partial charge in [0.2, 0.25) is 0 Å². The van der Waals surface area contributed by atoms with Crippen LogP contribution in [0, 0.1) is 5.92 Å². The van der Waals surface area contributed by atoms with Gasteiger partial charge in [-0.3, -0.25) is 9.59 Å². The number of rotatable bonds is 5. The van der Waals surface area contributed by atoms with E-state index in [1.807, 2.05) is 30.3 Å². The molecule has 1 N–H and O–H groups in total. The Morgan fingerprint density at radius 2 is 1.92 bits per heavy atom. The first-order chi connectivity index (χ1) is 12.6. The van der Waals surface area contributed by atoms with Crippen LogP contribution in [-0.2, 0) is 19.1 Å². The number of benzene rings is 1. The molecule has 1 aromatic rings. The van der Waals surface area contributed by atoms with E-state index in [4.69, 9.17) is 26.0 Å². The van der Waals surface area contributed by atoms with Crippen LogP contribution in [0.25, 0.3) is 0 Å². The first-order valence-electron chi connectivity index (χ1n) is 9.07. The molecule has 1 saturated carbocycles. The number of ether oxygens (including phenoxy) is 3. The fourth-order valence-electron chi connectivity index (χ4n) is 3.06. The zero-order valence-corrected chi connectivity index (χ0v) is 15.5. The summed E-state index contributed by atoms with van der Waals surface area (Å²) in [6.07, 6.45) is 1.81. The highest BCUT2D eigenvalue weighted by atomic mass is 35.5. The van der Waals surface area contributed by atoms with Gasteiger partial charge in [0.05, 0.1) is 5.92 Å². The summed E-state index contributed by atoms with van der Waals surface area (Å²) in [5.74, 6) is -0.0407. The number of carbonyl (C=O) groups excluding carboxylic acids is 2. The van der Waals surface area contributed by atoms with Crippen LogP contribution >= 0.6 is 11.8 Å². The molecule has 0 spiro atoms. The molecule has 1 saturated heterocycles. The number of cyclic esters (lactones) is 1. The quantitative estimate of drug-likeness (QED) is 0.624. The van der Waals surface area contributed by atoms with Crippen LogP contribution in [0.15, 0.2) is 30.3 Å². The van der Waals surface area contributed by atoms with Gasteiger partial charge in [-0.1, -0.05) is 18.2 Å². The summed E-state index contributed by atoms with van der Waals surface area (Å²) in [6.45, 7) is 1.72. The molecule has 142 valence electrons. The van der Waals surface area contributed by atoms with Gasteiger partial charge < -0.3 is 14.2 Å². The van der Waals surface area contributed by atoms with E-state index >= 15 is 0 Å². The third-order valence-corrected chi connectivity index (χ3v) is 4.99. The van der Waals surface area contributed by atoms with Crippen molar-refractivity contribution in [2.75, 3.05) is 0 Å². The third-order valence-electron chi connectivity index (χ3n) is 4.72. The van der Waals surface area contributed by atoms with Crippen molar-refractivity contribution in [1.82, 2.24) is 4.84 Å². The zero-order chi connectivity index (χ0) is 18.5. The molecule has 1 heterocycles. The van der Waals surface area contributed by atoms with Gasteiger partial charge in [0.15, 0.2) is 6.10 Å². The van der Waals surface area contributed by atoms with Crippen LogP contribution in [0.2, 0.25) is 0 Å². The van der Waals surface area contributed by atoms with Crippen LogP contribution in [0.1, 0.15) is 39.0 Å². The number of esters is 2. The Kier molecular flexibility index (Phi) is 6.38. The molecule has 0 amide bonds. The molecule has 1 aromatic carbocycles. The zero-order valence-electron chi connectivity index (χ0n) is 14.7. The molecule has 1 aliphatic carbocycles. The van der Waals surface area contributed by atoms with Gasteiger partial charge in [0.25, 0.3) is 0 Å². The second-order valence-electron chi connectivity index (χ2n) is 6.88. The second-order valence-corrected chi connectivity index (χ2v) is 7.10. The van der Waals surface area contributed by atoms with Gasteiger partial charge in [-0.2, -0.15) is 0 Å². The minimum atomic E-state index is -0.665. The van der Waals surface area contributed by atoms with E-state index in [9.17, 15) is 9.59 Å². The highest BCUT2D eigenvalue weighted by Gasteiger charge is 2.40. The third kappa shape index (κ3) is 4.89. The van der Waals surface area contributed by atoms with Crippen LogP contribution in [-0.4, -0.2) is 36.3 Å². The Morgan fingerprint density at radius 1 is 1.19 bits per heavy atom. The maximum absolute atomic E-state index is 12.3. The van der Waals surface area contributed by atoms with Crippen molar-refractivity contribution in [3.05, 3.63) is 30.3 Å². The maximum Gasteiger partial charge on any atom is 0.324 e. The molecule has 4 atom stereocenters. The Bertz CT molecular complexity index is 622. The minimum Gasteiger partial charge on any atom is -0.486 e. The van der Waals surface area contributed by atoms with Crippen LogP contribution in [0.3, 0.4) is 0 Å². The van der Waals surface area contributed by atoms with Crippen molar-refractivity contribution in [2.45, 2.75) is 63.4 Å². The molecule has 1 aliphatic heterocycles. The van der Waals surface area contributed by atoms with Crippen molar-refractivity contribution >= 4 is 23.7 Å². The summed E-state index contributed by atoms with van der Waals surface area (Å²) >= 11 is 5.67. The second kappa shape index (κ2) is 8.73. The summed E-state index contributed by atoms with van der Waals surface area (Å²) in [4.78, 5) is 27.0. The molecular weight excluding hydrogens is 358 g/mol. The van der Waals surface area contributed by atoms with Crippen molar-refractivity contribution in [2.24, 2.45) is 5.92 Å². The van der Waals surface area contributed by atoms with Gasteiger partial charge in [0.1, 0.15) is 24.0 Å². The number of nitrogens with one attached hydrogen (secondary N) is 1. The standard InChI is InChI=1S/C19H24ClNO5/c1-12-17(26-18(22)13-10-11-13)16(25-14-6-3-2-4-7-14)9-5-8-15(21-20)19(23)24-12/h2-4,6-7,12-13,15-17,21H,5,8-11H2,1H3/t12-,15-,16-,17-/m0/s1. The van der Waals surface area contributed by atoms with E-state index in [1.165, 1.54) is 0 Å². The highest BCUT2D eigenvalue weighted by Crippen LogP contribution is 2.32. The molecule has 7 heteroatoms. The SMILES string of the molecule is C[C@@H]1OC(=O)[C@@H](NCl)CCC[C@H](Oc2ccccc2)[C@H]1OC(=O)C1CC1. The fourth-order valence-corrected chi connectivity index (χ4v) is 3.26. The summed E-state index contributed by atoms with van der Waals surface area (Å²) in [7, 11) is 0. The van der Waals surface area contributed by atoms with Crippen LogP contribution in [0.5, 0.6) is 5.75 Å². The summed E-state index contributed by atoms with van der Waals surface area (Å²) in [5.41, 5.74) is 0. The molecule has 2 fully saturated rings. The Labute approximate surface area is 158 Å². The summed E-state index contributed by atoms with van der Waals surface area (Å²) in [6, 6.07) is 8.79. The maximum atomic E-state index is 12.3. The van der Waals surface area contributed by atoms with Crippen molar-refractivity contribution < 1.29 is 23.8 Å². The van der Waals surface area contributed by atoms with Gasteiger partial charge in [0, 0.05) is 0 Å². The number of carbonyl (C=O) groups is 2. The van der Waals surface area contributed by atoms with E-state index in [-0.39, 0.29) is 11.9 Å². The average molecular weight is 382 g/mol. The van der Waals surface area contributed by atoms with E-state index in [0.29, 0.717) is 25.0 Å². The molecule has 26 heavy (non-hydrogen) atoms. The Morgan fingerprint density at radius 3 is 2.58 bits per heavy atom. The van der Waals surface area contributed by atoms with Gasteiger partial charge in [-0.15, -0.1) is 0 Å². The number of hydrogen-bond donors (Lipinski definition) is 1. The predicted octanol–water partition coefficient (Wildman–Crippen LogP) is 2.98. The normalized spacial score (nSPS) is 29.7. The van der Waals surface area contributed by atoms with E-state index < -0.39 is 30.3 Å². The summed E-state index contributed by atoms with van der Waals surface area (Å²) < 4.78 is 17.4. The molecule has 6 nitrogen and oxygen atoms in total. The molecule has 3 rings (SSSR count). The number of para-hydroxylation sites is 1. The summed E-state index contributed by atoms with van der Waals surface area (Å²) in [5, 5.41) is 0. The van der Waals surface area contributed by atoms with Gasteiger partial charge in [-0.05, 0) is 62.9 Å². The number of hydrogen-bond acceptors (Lipinski definition) is 6. The minimum absolute atomic E-state index is 0.0415. The van der Waals surface area contributed by atoms with E-state index in [1.54, 1.807) is 6.92 Å². The van der Waals surface area contributed by atoms with Crippen molar-refractivity contribution in [3.8, 4) is 5.75 Å². The fraction of sp³-hybridized carbons (Fsp3) is 0.579. The number of halogens is 1. The largest absolute Gasteiger partial charge is 0.486 e. The lowest BCUT2D eigenvalue weighted by molar-refractivity contribution is -0.175. The van der Waals surface area contributed by atoms with Crippen molar-refractivity contribution in [3.63, 3.8) is 0 Å². The molecule has 0 bridgehead atoms. The Hall–Kier alpha value is -1.79. The average Bonchev–Trinajstić information content (AvgIpc) is 3.47. The van der Waals surface area contributed by atoms with Gasteiger partial charge in [-0.25, -0.2) is 4.84 Å². The lowest BCUT2D eigenvalue weighted by atomic mass is 10.0. The first-order valence-corrected chi connectivity index (χ1v) is 9.45. The smallest absolute Gasteiger partial charge is 0.324 e. The first kappa shape index (κ1) is 19.0. The monoisotopic (exact) mass is 381 g/mol. The lowest BCUT2D eigenvalue weighted by Gasteiger charge is -2.31. The molecule has 0 aromatic heterocycles. The van der Waals surface area contributed by atoms with Crippen molar-refractivity contribution in [1.29, 1.82) is 0 Å². The molecule has 0 unspecified atom stereocenters.